The number of nitrogens with zero attached hydrogens (tertiary/aromatic N) is 1. The molecule has 3 rings (SSSR count). The molecule has 35 heavy (non-hydrogen) atoms. The molecule has 1 saturated heterocycles. The Kier molecular flexibility index (Phi) is 6.93. The van der Waals surface area contributed by atoms with Gasteiger partial charge in [-0.3, -0.25) is 9.59 Å². The van der Waals surface area contributed by atoms with E-state index in [1.54, 1.807) is 0 Å². The number of nitrogens with one attached hydrogen (secondary N) is 1. The Bertz CT molecular complexity index is 1160. The van der Waals surface area contributed by atoms with Gasteiger partial charge >= 0.3 is 12.1 Å². The average molecular weight is 503 g/mol. The van der Waals surface area contributed by atoms with Crippen LogP contribution in [0.2, 0.25) is 0 Å². The van der Waals surface area contributed by atoms with Crippen LogP contribution in [-0.2, 0) is 9.53 Å². The molecule has 8 nitrogen and oxygen atoms in total. The summed E-state index contributed by atoms with van der Waals surface area (Å²) in [4.78, 5) is 24.5. The molecule has 1 fully saturated rings. The first-order valence-electron chi connectivity index (χ1n) is 10.4. The summed E-state index contributed by atoms with van der Waals surface area (Å²) in [5.41, 5.74) is 1.44. The number of carbonyl (C=O) groups is 2. The van der Waals surface area contributed by atoms with Crippen molar-refractivity contribution in [2.24, 2.45) is 11.7 Å². The third-order valence-electron chi connectivity index (χ3n) is 6.09. The number of rotatable bonds is 6. The van der Waals surface area contributed by atoms with Crippen LogP contribution < -0.4 is 20.5 Å². The van der Waals surface area contributed by atoms with Gasteiger partial charge in [0, 0.05) is 29.5 Å². The number of amides is 2. The molecule has 0 saturated carbocycles. The summed E-state index contributed by atoms with van der Waals surface area (Å²) in [5, 5.41) is 14.0. The monoisotopic (exact) mass is 503 g/mol. The number of carbonyl (C=O) groups excluding carboxylic acids is 2. The third kappa shape index (κ3) is 4.59. The molecule has 1 aliphatic rings. The van der Waals surface area contributed by atoms with Crippen molar-refractivity contribution in [2.45, 2.75) is 44.6 Å². The minimum absolute atomic E-state index is 0.123. The van der Waals surface area contributed by atoms with E-state index in [9.17, 15) is 36.7 Å². The Hall–Kier alpha value is -3.48. The Labute approximate surface area is 196 Å². The van der Waals surface area contributed by atoms with Crippen molar-refractivity contribution in [1.82, 2.24) is 0 Å². The molecule has 4 unspecified atom stereocenters. The lowest BCUT2D eigenvalue weighted by Crippen LogP contribution is -2.47. The molecule has 2 aromatic rings. The highest BCUT2D eigenvalue weighted by Crippen LogP contribution is 2.55. The second-order valence-electron chi connectivity index (χ2n) is 8.15. The number of hydrogen-bond acceptors (Lipinski definition) is 5. The van der Waals surface area contributed by atoms with Crippen LogP contribution in [0.1, 0.15) is 42.7 Å². The maximum Gasteiger partial charge on any atom is 0.417 e. The van der Waals surface area contributed by atoms with Gasteiger partial charge in [-0.25, -0.2) is 4.39 Å². The summed E-state index contributed by atoms with van der Waals surface area (Å²) in [5.74, 6) is -8.36. The normalized spacial score (nSPS) is 24.3. The van der Waals surface area contributed by atoms with E-state index in [1.165, 1.54) is 13.8 Å². The summed E-state index contributed by atoms with van der Waals surface area (Å²) in [6.45, 7) is 3.28. The van der Waals surface area contributed by atoms with Crippen molar-refractivity contribution in [3.8, 4) is 5.75 Å². The van der Waals surface area contributed by atoms with Gasteiger partial charge in [-0.05, 0) is 19.9 Å². The van der Waals surface area contributed by atoms with Gasteiger partial charge in [-0.1, -0.05) is 13.0 Å². The molecule has 0 spiro atoms. The largest absolute Gasteiger partial charge is 0.618 e. The number of benzene rings is 1. The van der Waals surface area contributed by atoms with Gasteiger partial charge in [0.05, 0.1) is 12.3 Å². The number of anilines is 1. The molecular weight excluding hydrogens is 481 g/mol. The van der Waals surface area contributed by atoms with E-state index in [1.807, 2.05) is 0 Å². The van der Waals surface area contributed by atoms with E-state index in [0.29, 0.717) is 0 Å². The maximum absolute atomic E-state index is 14.5. The molecule has 2 heterocycles. The number of ether oxygens (including phenoxy) is 2. The Morgan fingerprint density at radius 1 is 1.29 bits per heavy atom. The second kappa shape index (κ2) is 9.29. The minimum atomic E-state index is -4.93. The first-order chi connectivity index (χ1) is 16.2. The Balaban J connectivity index is 2.09. The highest BCUT2D eigenvalue weighted by molar-refractivity contribution is 5.97. The molecule has 1 aliphatic heterocycles. The van der Waals surface area contributed by atoms with E-state index in [-0.39, 0.29) is 22.6 Å². The predicted molar refractivity (Wildman–Crippen MR) is 111 cm³/mol. The summed E-state index contributed by atoms with van der Waals surface area (Å²) in [6, 6.07) is 3.80. The predicted octanol–water partition coefficient (Wildman–Crippen LogP) is 3.17. The van der Waals surface area contributed by atoms with Crippen molar-refractivity contribution in [1.29, 1.82) is 0 Å². The Morgan fingerprint density at radius 2 is 1.94 bits per heavy atom. The van der Waals surface area contributed by atoms with E-state index >= 15 is 0 Å². The number of aromatic nitrogens is 1. The van der Waals surface area contributed by atoms with E-state index < -0.39 is 64.6 Å². The lowest BCUT2D eigenvalue weighted by Gasteiger charge is -2.32. The summed E-state index contributed by atoms with van der Waals surface area (Å²) < 4.78 is 81.1. The average Bonchev–Trinajstić information content (AvgIpc) is 3.05. The molecule has 2 amide bonds. The summed E-state index contributed by atoms with van der Waals surface area (Å²) in [7, 11) is 0. The molecule has 190 valence electrons. The number of halogens is 5. The molecule has 0 radical (unpaired) electrons. The van der Waals surface area contributed by atoms with Crippen LogP contribution in [0.15, 0.2) is 30.5 Å². The van der Waals surface area contributed by atoms with Crippen LogP contribution in [0.3, 0.4) is 0 Å². The fourth-order valence-electron chi connectivity index (χ4n) is 4.08. The smallest absolute Gasteiger partial charge is 0.417 e. The topological polar surface area (TPSA) is 118 Å². The van der Waals surface area contributed by atoms with Crippen LogP contribution in [0.5, 0.6) is 5.75 Å². The van der Waals surface area contributed by atoms with Crippen molar-refractivity contribution < 1.29 is 45.7 Å². The van der Waals surface area contributed by atoms with Crippen molar-refractivity contribution in [3.05, 3.63) is 58.6 Å². The zero-order chi connectivity index (χ0) is 26.3. The number of hydrogen-bond donors (Lipinski definition) is 2. The molecule has 0 bridgehead atoms. The SMILES string of the molecule is CCOc1c(C2C(C(=O)Nc3cc[n+]([O-])c(C(N)=O)c3)OC(C)(C(F)(F)F)C2C)ccc(F)c1F. The lowest BCUT2D eigenvalue weighted by molar-refractivity contribution is -0.607. The van der Waals surface area contributed by atoms with Crippen LogP contribution in [0.4, 0.5) is 27.6 Å². The highest BCUT2D eigenvalue weighted by atomic mass is 19.4. The fraction of sp³-hybridized carbons (Fsp3) is 0.409. The molecule has 1 aromatic carbocycles. The number of alkyl halides is 3. The quantitative estimate of drug-likeness (QED) is 0.357. The van der Waals surface area contributed by atoms with Gasteiger partial charge in [0.15, 0.2) is 23.4 Å². The zero-order valence-electron chi connectivity index (χ0n) is 18.8. The Morgan fingerprint density at radius 3 is 2.51 bits per heavy atom. The third-order valence-corrected chi connectivity index (χ3v) is 6.09. The molecule has 4 atom stereocenters. The van der Waals surface area contributed by atoms with Crippen LogP contribution in [0, 0.1) is 22.8 Å². The lowest BCUT2D eigenvalue weighted by atomic mass is 9.77. The maximum atomic E-state index is 14.5. The van der Waals surface area contributed by atoms with Crippen molar-refractivity contribution in [3.63, 3.8) is 0 Å². The summed E-state index contributed by atoms with van der Waals surface area (Å²) in [6.07, 6.45) is -5.89. The first kappa shape index (κ1) is 26.1. The van der Waals surface area contributed by atoms with E-state index in [2.05, 4.69) is 5.32 Å². The number of nitrogens with two attached hydrogens (primary N) is 1. The van der Waals surface area contributed by atoms with Crippen molar-refractivity contribution in [2.75, 3.05) is 11.9 Å². The molecule has 1 aromatic heterocycles. The fourth-order valence-corrected chi connectivity index (χ4v) is 4.08. The van der Waals surface area contributed by atoms with Crippen molar-refractivity contribution >= 4 is 17.5 Å². The van der Waals surface area contributed by atoms with Gasteiger partial charge in [0.1, 0.15) is 6.10 Å². The zero-order valence-corrected chi connectivity index (χ0v) is 18.8. The van der Waals surface area contributed by atoms with E-state index in [4.69, 9.17) is 15.2 Å². The standard InChI is InChI=1S/C22H22F5N3O5/c1-4-34-17-12(5-6-13(23)16(17)24)15-10(2)21(3,22(25,26)27)35-18(15)20(32)29-11-7-8-30(33)14(9-11)19(28)31/h5-10,15,18H,4H2,1-3H3,(H2,28,31)(H,29,32). The highest BCUT2D eigenvalue weighted by Gasteiger charge is 2.66. The van der Waals surface area contributed by atoms with Gasteiger partial charge in [0.2, 0.25) is 5.82 Å². The van der Waals surface area contributed by atoms with Gasteiger partial charge in [-0.15, -0.1) is 0 Å². The molecular formula is C22H22F5N3O5. The molecule has 3 N–H and O–H groups in total. The van der Waals surface area contributed by atoms with Crippen LogP contribution in [0.25, 0.3) is 0 Å². The van der Waals surface area contributed by atoms with Gasteiger partial charge < -0.3 is 25.7 Å². The minimum Gasteiger partial charge on any atom is -0.618 e. The van der Waals surface area contributed by atoms with Gasteiger partial charge in [0.25, 0.3) is 11.6 Å². The number of primary amides is 1. The first-order valence-corrected chi connectivity index (χ1v) is 10.4. The summed E-state index contributed by atoms with van der Waals surface area (Å²) >= 11 is 0. The number of pyridine rings is 1. The van der Waals surface area contributed by atoms with Gasteiger partial charge in [-0.2, -0.15) is 22.3 Å². The second-order valence-corrected chi connectivity index (χ2v) is 8.15. The van der Waals surface area contributed by atoms with E-state index in [0.717, 1.165) is 37.4 Å². The molecule has 0 aliphatic carbocycles. The van der Waals surface area contributed by atoms with Crippen LogP contribution >= 0.6 is 0 Å². The van der Waals surface area contributed by atoms with Crippen LogP contribution in [-0.4, -0.2) is 36.3 Å². The molecule has 13 heteroatoms.